The van der Waals surface area contributed by atoms with E-state index in [4.69, 9.17) is 5.73 Å². The lowest BCUT2D eigenvalue weighted by Gasteiger charge is -2.39. The Hall–Kier alpha value is -0.610. The first kappa shape index (κ1) is 12.5. The zero-order valence-electron chi connectivity index (χ0n) is 9.91. The van der Waals surface area contributed by atoms with Crippen molar-refractivity contribution in [3.63, 3.8) is 0 Å². The van der Waals surface area contributed by atoms with E-state index < -0.39 is 0 Å². The fourth-order valence-corrected chi connectivity index (χ4v) is 2.10. The number of piperazine rings is 1. The molecule has 1 heterocycles. The van der Waals surface area contributed by atoms with E-state index in [0.29, 0.717) is 19.0 Å². The van der Waals surface area contributed by atoms with Crippen LogP contribution in [0.5, 0.6) is 0 Å². The number of likely N-dealkylation sites (N-methyl/N-ethyl adjacent to an activating group) is 1. The Morgan fingerprint density at radius 1 is 1.47 bits per heavy atom. The van der Waals surface area contributed by atoms with Crippen LogP contribution in [0.15, 0.2) is 0 Å². The van der Waals surface area contributed by atoms with E-state index in [1.54, 1.807) is 0 Å². The Bertz CT molecular complexity index is 208. The highest BCUT2D eigenvalue weighted by Crippen LogP contribution is 2.10. The third-order valence-electron chi connectivity index (χ3n) is 3.12. The molecule has 0 radical (unpaired) electrons. The van der Waals surface area contributed by atoms with Crippen LogP contribution < -0.4 is 5.73 Å². The van der Waals surface area contributed by atoms with Crippen molar-refractivity contribution in [1.82, 2.24) is 9.80 Å². The highest BCUT2D eigenvalue weighted by atomic mass is 16.2. The van der Waals surface area contributed by atoms with E-state index >= 15 is 0 Å². The number of carbonyl (C=O) groups is 1. The van der Waals surface area contributed by atoms with Crippen molar-refractivity contribution in [2.75, 3.05) is 32.7 Å². The number of carbonyl (C=O) groups excluding carboxylic acids is 1. The SMILES string of the molecule is CCN1CCN(C(=O)CCCN)CC1C. The van der Waals surface area contributed by atoms with E-state index in [1.807, 2.05) is 4.90 Å². The lowest BCUT2D eigenvalue weighted by atomic mass is 10.1. The Balaban J connectivity index is 2.36. The van der Waals surface area contributed by atoms with Gasteiger partial charge in [-0.1, -0.05) is 6.92 Å². The molecule has 0 spiro atoms. The lowest BCUT2D eigenvalue weighted by Crippen LogP contribution is -2.53. The van der Waals surface area contributed by atoms with Crippen molar-refractivity contribution >= 4 is 5.91 Å². The molecule has 1 rings (SSSR count). The summed E-state index contributed by atoms with van der Waals surface area (Å²) in [5, 5.41) is 0. The zero-order chi connectivity index (χ0) is 11.3. The van der Waals surface area contributed by atoms with Gasteiger partial charge in [0.25, 0.3) is 0 Å². The maximum atomic E-state index is 11.7. The van der Waals surface area contributed by atoms with Gasteiger partial charge >= 0.3 is 0 Å². The largest absolute Gasteiger partial charge is 0.340 e. The number of amides is 1. The second kappa shape index (κ2) is 6.08. The number of hydrogen-bond acceptors (Lipinski definition) is 3. The molecule has 1 atom stereocenters. The quantitative estimate of drug-likeness (QED) is 0.729. The predicted molar refractivity (Wildman–Crippen MR) is 61.6 cm³/mol. The van der Waals surface area contributed by atoms with Gasteiger partial charge in [0, 0.05) is 32.1 Å². The van der Waals surface area contributed by atoms with Crippen LogP contribution in [0.25, 0.3) is 0 Å². The summed E-state index contributed by atoms with van der Waals surface area (Å²) in [5.74, 6) is 0.267. The Morgan fingerprint density at radius 2 is 2.20 bits per heavy atom. The molecule has 1 unspecified atom stereocenters. The van der Waals surface area contributed by atoms with Crippen molar-refractivity contribution in [3.05, 3.63) is 0 Å². The first-order valence-electron chi connectivity index (χ1n) is 5.91. The molecular formula is C11H23N3O. The van der Waals surface area contributed by atoms with Crippen LogP contribution in [0.2, 0.25) is 0 Å². The average molecular weight is 213 g/mol. The van der Waals surface area contributed by atoms with Gasteiger partial charge in [-0.2, -0.15) is 0 Å². The monoisotopic (exact) mass is 213 g/mol. The summed E-state index contributed by atoms with van der Waals surface area (Å²) in [6, 6.07) is 0.491. The van der Waals surface area contributed by atoms with Gasteiger partial charge in [-0.3, -0.25) is 9.69 Å². The summed E-state index contributed by atoms with van der Waals surface area (Å²) in [4.78, 5) is 16.1. The fraction of sp³-hybridized carbons (Fsp3) is 0.909. The van der Waals surface area contributed by atoms with Crippen LogP contribution in [0, 0.1) is 0 Å². The molecule has 1 aliphatic rings. The number of nitrogens with zero attached hydrogens (tertiary/aromatic N) is 2. The van der Waals surface area contributed by atoms with Gasteiger partial charge in [0.2, 0.25) is 5.91 Å². The number of rotatable bonds is 4. The van der Waals surface area contributed by atoms with Crippen molar-refractivity contribution in [3.8, 4) is 0 Å². The number of hydrogen-bond donors (Lipinski definition) is 1. The normalized spacial score (nSPS) is 23.1. The molecule has 88 valence electrons. The van der Waals surface area contributed by atoms with Crippen LogP contribution in [-0.2, 0) is 4.79 Å². The zero-order valence-corrected chi connectivity index (χ0v) is 9.91. The second-order valence-electron chi connectivity index (χ2n) is 4.21. The van der Waals surface area contributed by atoms with Crippen molar-refractivity contribution in [1.29, 1.82) is 0 Å². The molecule has 4 nitrogen and oxygen atoms in total. The molecule has 0 aromatic rings. The van der Waals surface area contributed by atoms with Crippen molar-refractivity contribution in [2.45, 2.75) is 32.7 Å². The fourth-order valence-electron chi connectivity index (χ4n) is 2.10. The summed E-state index contributed by atoms with van der Waals surface area (Å²) in [6.45, 7) is 8.79. The molecule has 0 aliphatic carbocycles. The highest BCUT2D eigenvalue weighted by molar-refractivity contribution is 5.76. The maximum Gasteiger partial charge on any atom is 0.222 e. The van der Waals surface area contributed by atoms with Gasteiger partial charge < -0.3 is 10.6 Å². The Morgan fingerprint density at radius 3 is 2.73 bits per heavy atom. The summed E-state index contributed by atoms with van der Waals surface area (Å²) >= 11 is 0. The molecule has 1 amide bonds. The summed E-state index contributed by atoms with van der Waals surface area (Å²) in [7, 11) is 0. The van der Waals surface area contributed by atoms with Gasteiger partial charge in [0.1, 0.15) is 0 Å². The molecular weight excluding hydrogens is 190 g/mol. The standard InChI is InChI=1S/C11H23N3O/c1-3-13-7-8-14(9-10(13)2)11(15)5-4-6-12/h10H,3-9,12H2,1-2H3. The van der Waals surface area contributed by atoms with E-state index in [1.165, 1.54) is 0 Å². The minimum Gasteiger partial charge on any atom is -0.340 e. The topological polar surface area (TPSA) is 49.6 Å². The number of nitrogens with two attached hydrogens (primary N) is 1. The predicted octanol–water partition coefficient (Wildman–Crippen LogP) is 0.278. The molecule has 0 bridgehead atoms. The van der Waals surface area contributed by atoms with Crippen LogP contribution in [0.3, 0.4) is 0 Å². The summed E-state index contributed by atoms with van der Waals surface area (Å²) in [5.41, 5.74) is 5.40. The molecule has 15 heavy (non-hydrogen) atoms. The minimum absolute atomic E-state index is 0.267. The molecule has 1 saturated heterocycles. The van der Waals surface area contributed by atoms with Crippen LogP contribution in [0.4, 0.5) is 0 Å². The third kappa shape index (κ3) is 3.47. The second-order valence-corrected chi connectivity index (χ2v) is 4.21. The van der Waals surface area contributed by atoms with Crippen LogP contribution in [0.1, 0.15) is 26.7 Å². The highest BCUT2D eigenvalue weighted by Gasteiger charge is 2.24. The molecule has 1 aliphatic heterocycles. The molecule has 0 saturated carbocycles. The van der Waals surface area contributed by atoms with Crippen LogP contribution in [-0.4, -0.2) is 54.5 Å². The summed E-state index contributed by atoms with van der Waals surface area (Å²) in [6.07, 6.45) is 1.41. The van der Waals surface area contributed by atoms with Gasteiger partial charge in [-0.25, -0.2) is 0 Å². The molecule has 2 N–H and O–H groups in total. The molecule has 4 heteroatoms. The molecule has 0 aromatic heterocycles. The van der Waals surface area contributed by atoms with Crippen molar-refractivity contribution < 1.29 is 4.79 Å². The first-order chi connectivity index (χ1) is 7.19. The van der Waals surface area contributed by atoms with Gasteiger partial charge in [-0.05, 0) is 26.4 Å². The van der Waals surface area contributed by atoms with Gasteiger partial charge in [0.15, 0.2) is 0 Å². The van der Waals surface area contributed by atoms with E-state index in [9.17, 15) is 4.79 Å². The summed E-state index contributed by atoms with van der Waals surface area (Å²) < 4.78 is 0. The molecule has 1 fully saturated rings. The maximum absolute atomic E-state index is 11.7. The van der Waals surface area contributed by atoms with Gasteiger partial charge in [0.05, 0.1) is 0 Å². The molecule has 0 aromatic carbocycles. The Labute approximate surface area is 92.4 Å². The minimum atomic E-state index is 0.267. The third-order valence-corrected chi connectivity index (χ3v) is 3.12. The van der Waals surface area contributed by atoms with Crippen LogP contribution >= 0.6 is 0 Å². The van der Waals surface area contributed by atoms with Gasteiger partial charge in [-0.15, -0.1) is 0 Å². The lowest BCUT2D eigenvalue weighted by molar-refractivity contribution is -0.134. The van der Waals surface area contributed by atoms with E-state index in [-0.39, 0.29) is 5.91 Å². The van der Waals surface area contributed by atoms with Crippen molar-refractivity contribution in [2.24, 2.45) is 5.73 Å². The average Bonchev–Trinajstić information content (AvgIpc) is 2.25. The Kier molecular flexibility index (Phi) is 5.05. The van der Waals surface area contributed by atoms with E-state index in [2.05, 4.69) is 18.7 Å². The first-order valence-corrected chi connectivity index (χ1v) is 5.91. The smallest absolute Gasteiger partial charge is 0.222 e. The van der Waals surface area contributed by atoms with E-state index in [0.717, 1.165) is 32.6 Å².